The van der Waals surface area contributed by atoms with Gasteiger partial charge in [-0.15, -0.1) is 0 Å². The van der Waals surface area contributed by atoms with Gasteiger partial charge in [-0.1, -0.05) is 12.2 Å². The highest BCUT2D eigenvalue weighted by Gasteiger charge is 2.13. The van der Waals surface area contributed by atoms with Gasteiger partial charge in [0.2, 0.25) is 5.95 Å². The Hall–Kier alpha value is -1.43. The Bertz CT molecular complexity index is 393. The minimum Gasteiger partial charge on any atom is -0.393 e. The van der Waals surface area contributed by atoms with E-state index in [1.807, 2.05) is 37.0 Å². The number of rotatable bonds is 5. The molecule has 1 atom stereocenters. The summed E-state index contributed by atoms with van der Waals surface area (Å²) in [6.07, 6.45) is 2.43. The number of hydrogen-bond acceptors (Lipinski definition) is 5. The largest absolute Gasteiger partial charge is 0.393 e. The molecular weight excluding hydrogens is 234 g/mol. The summed E-state index contributed by atoms with van der Waals surface area (Å²) in [5.74, 6) is 1.56. The predicted molar refractivity (Wildman–Crippen MR) is 75.6 cm³/mol. The van der Waals surface area contributed by atoms with Crippen LogP contribution in [0, 0.1) is 0 Å². The van der Waals surface area contributed by atoms with Crippen LogP contribution in [0.25, 0.3) is 0 Å². The molecule has 1 rings (SSSR count). The standard InChI is InChI=1S/C11H19N5S/c1-8(7-9(12)17)16(4)10-5-6-13-11(14-10)15(2)3/h5-6,8H,7H2,1-4H3,(H2,12,17). The van der Waals surface area contributed by atoms with E-state index in [0.29, 0.717) is 17.4 Å². The van der Waals surface area contributed by atoms with Crippen molar-refractivity contribution in [3.05, 3.63) is 12.3 Å². The summed E-state index contributed by atoms with van der Waals surface area (Å²) in [4.78, 5) is 13.1. The van der Waals surface area contributed by atoms with Gasteiger partial charge in [-0.05, 0) is 13.0 Å². The lowest BCUT2D eigenvalue weighted by molar-refractivity contribution is 0.703. The third-order valence-electron chi connectivity index (χ3n) is 2.55. The van der Waals surface area contributed by atoms with Crippen molar-refractivity contribution in [3.8, 4) is 0 Å². The Balaban J connectivity index is 2.84. The van der Waals surface area contributed by atoms with Crippen molar-refractivity contribution < 1.29 is 0 Å². The Kier molecular flexibility index (Phi) is 4.62. The van der Waals surface area contributed by atoms with Gasteiger partial charge < -0.3 is 15.5 Å². The Labute approximate surface area is 108 Å². The third-order valence-corrected chi connectivity index (χ3v) is 2.71. The first-order valence-electron chi connectivity index (χ1n) is 5.43. The summed E-state index contributed by atoms with van der Waals surface area (Å²) in [7, 11) is 5.81. The van der Waals surface area contributed by atoms with Crippen molar-refractivity contribution >= 4 is 29.0 Å². The maximum Gasteiger partial charge on any atom is 0.226 e. The van der Waals surface area contributed by atoms with Crippen molar-refractivity contribution in [2.75, 3.05) is 30.9 Å². The van der Waals surface area contributed by atoms with Crippen LogP contribution < -0.4 is 15.5 Å². The molecule has 0 saturated carbocycles. The van der Waals surface area contributed by atoms with Crippen molar-refractivity contribution in [2.24, 2.45) is 5.73 Å². The normalized spacial score (nSPS) is 12.0. The van der Waals surface area contributed by atoms with Gasteiger partial charge in [0.15, 0.2) is 0 Å². The fraction of sp³-hybridized carbons (Fsp3) is 0.545. The Morgan fingerprint density at radius 1 is 1.47 bits per heavy atom. The number of aromatic nitrogens is 2. The molecule has 1 aromatic heterocycles. The second-order valence-corrected chi connectivity index (χ2v) is 4.76. The van der Waals surface area contributed by atoms with Gasteiger partial charge in [-0.2, -0.15) is 4.98 Å². The zero-order chi connectivity index (χ0) is 13.0. The van der Waals surface area contributed by atoms with Crippen LogP contribution >= 0.6 is 12.2 Å². The summed E-state index contributed by atoms with van der Waals surface area (Å²) in [5, 5.41) is 0. The number of thiocarbonyl (C=S) groups is 1. The van der Waals surface area contributed by atoms with E-state index in [1.165, 1.54) is 0 Å². The summed E-state index contributed by atoms with van der Waals surface area (Å²) in [6, 6.07) is 2.10. The highest BCUT2D eigenvalue weighted by molar-refractivity contribution is 7.80. The number of anilines is 2. The van der Waals surface area contributed by atoms with Gasteiger partial charge in [0.05, 0.1) is 4.99 Å². The first-order chi connectivity index (χ1) is 7.91. The zero-order valence-corrected chi connectivity index (χ0v) is 11.5. The monoisotopic (exact) mass is 253 g/mol. The topological polar surface area (TPSA) is 58.3 Å². The van der Waals surface area contributed by atoms with Crippen LogP contribution in [0.5, 0.6) is 0 Å². The van der Waals surface area contributed by atoms with Crippen molar-refractivity contribution in [2.45, 2.75) is 19.4 Å². The molecule has 0 aliphatic heterocycles. The highest BCUT2D eigenvalue weighted by Crippen LogP contribution is 2.15. The highest BCUT2D eigenvalue weighted by atomic mass is 32.1. The minimum atomic E-state index is 0.220. The maximum atomic E-state index is 5.55. The fourth-order valence-electron chi connectivity index (χ4n) is 1.40. The molecule has 0 bridgehead atoms. The lowest BCUT2D eigenvalue weighted by Crippen LogP contribution is -2.33. The Morgan fingerprint density at radius 3 is 2.65 bits per heavy atom. The molecule has 0 aliphatic rings. The van der Waals surface area contributed by atoms with Gasteiger partial charge in [-0.25, -0.2) is 4.98 Å². The molecule has 94 valence electrons. The molecular formula is C11H19N5S. The average molecular weight is 253 g/mol. The van der Waals surface area contributed by atoms with E-state index in [0.717, 1.165) is 5.82 Å². The molecule has 0 fully saturated rings. The summed E-state index contributed by atoms with van der Waals surface area (Å²) >= 11 is 4.92. The smallest absolute Gasteiger partial charge is 0.226 e. The molecule has 17 heavy (non-hydrogen) atoms. The maximum absolute atomic E-state index is 5.55. The minimum absolute atomic E-state index is 0.220. The first kappa shape index (κ1) is 13.6. The average Bonchev–Trinajstić information content (AvgIpc) is 2.27. The molecule has 1 unspecified atom stereocenters. The van der Waals surface area contributed by atoms with Crippen molar-refractivity contribution in [3.63, 3.8) is 0 Å². The van der Waals surface area contributed by atoms with Crippen molar-refractivity contribution in [1.29, 1.82) is 0 Å². The van der Waals surface area contributed by atoms with E-state index < -0.39 is 0 Å². The van der Waals surface area contributed by atoms with Gasteiger partial charge >= 0.3 is 0 Å². The zero-order valence-electron chi connectivity index (χ0n) is 10.7. The van der Waals surface area contributed by atoms with E-state index in [1.54, 1.807) is 6.20 Å². The second-order valence-electron chi connectivity index (χ2n) is 4.24. The molecule has 1 heterocycles. The van der Waals surface area contributed by atoms with Crippen LogP contribution in [0.4, 0.5) is 11.8 Å². The molecule has 0 radical (unpaired) electrons. The molecule has 0 aliphatic carbocycles. The van der Waals surface area contributed by atoms with Crippen LogP contribution in [0.15, 0.2) is 12.3 Å². The lowest BCUT2D eigenvalue weighted by Gasteiger charge is -2.26. The summed E-state index contributed by atoms with van der Waals surface area (Å²) in [6.45, 7) is 2.07. The van der Waals surface area contributed by atoms with Gasteiger partial charge in [-0.3, -0.25) is 0 Å². The van der Waals surface area contributed by atoms with E-state index in [-0.39, 0.29) is 6.04 Å². The quantitative estimate of drug-likeness (QED) is 0.791. The molecule has 0 aromatic carbocycles. The van der Waals surface area contributed by atoms with Crippen LogP contribution in [-0.4, -0.2) is 42.1 Å². The number of nitrogens with two attached hydrogens (primary N) is 1. The molecule has 6 heteroatoms. The van der Waals surface area contributed by atoms with Crippen LogP contribution in [0.3, 0.4) is 0 Å². The van der Waals surface area contributed by atoms with Crippen LogP contribution in [0.1, 0.15) is 13.3 Å². The second kappa shape index (κ2) is 5.77. The predicted octanol–water partition coefficient (Wildman–Crippen LogP) is 1.04. The number of nitrogens with zero attached hydrogens (tertiary/aromatic N) is 4. The SMILES string of the molecule is CC(CC(N)=S)N(C)c1ccnc(N(C)C)n1. The molecule has 2 N–H and O–H groups in total. The summed E-state index contributed by atoms with van der Waals surface area (Å²) < 4.78 is 0. The van der Waals surface area contributed by atoms with E-state index in [4.69, 9.17) is 18.0 Å². The molecule has 0 spiro atoms. The van der Waals surface area contributed by atoms with E-state index >= 15 is 0 Å². The fourth-order valence-corrected chi connectivity index (χ4v) is 1.65. The molecule has 1 aromatic rings. The first-order valence-corrected chi connectivity index (χ1v) is 5.84. The Morgan fingerprint density at radius 2 is 2.12 bits per heavy atom. The lowest BCUT2D eigenvalue weighted by atomic mass is 10.2. The number of hydrogen-bond donors (Lipinski definition) is 1. The molecule has 0 amide bonds. The van der Waals surface area contributed by atoms with Gasteiger partial charge in [0, 0.05) is 39.8 Å². The van der Waals surface area contributed by atoms with E-state index in [9.17, 15) is 0 Å². The molecule has 5 nitrogen and oxygen atoms in total. The van der Waals surface area contributed by atoms with Gasteiger partial charge in [0.25, 0.3) is 0 Å². The van der Waals surface area contributed by atoms with E-state index in [2.05, 4.69) is 16.9 Å². The molecule has 0 saturated heterocycles. The van der Waals surface area contributed by atoms with Crippen LogP contribution in [0.2, 0.25) is 0 Å². The van der Waals surface area contributed by atoms with Crippen LogP contribution in [-0.2, 0) is 0 Å². The summed E-state index contributed by atoms with van der Waals surface area (Å²) in [5.41, 5.74) is 5.55. The third kappa shape index (κ3) is 3.81. The van der Waals surface area contributed by atoms with Crippen molar-refractivity contribution in [1.82, 2.24) is 9.97 Å². The van der Waals surface area contributed by atoms with Gasteiger partial charge in [0.1, 0.15) is 5.82 Å².